The molecule has 0 aliphatic carbocycles. The monoisotopic (exact) mass is 250 g/mol. The van der Waals surface area contributed by atoms with E-state index < -0.39 is 0 Å². The molecule has 1 unspecified atom stereocenters. The molecule has 1 aliphatic rings. The number of hydrogen-bond acceptors (Lipinski definition) is 6. The van der Waals surface area contributed by atoms with Gasteiger partial charge < -0.3 is 16.1 Å². The Hall–Kier alpha value is -1.89. The number of nitrogens with zero attached hydrogens (tertiary/aromatic N) is 2. The zero-order valence-electron chi connectivity index (χ0n) is 10.4. The van der Waals surface area contributed by atoms with Crippen molar-refractivity contribution >= 4 is 17.5 Å². The second kappa shape index (κ2) is 5.63. The van der Waals surface area contributed by atoms with Crippen LogP contribution in [0.15, 0.2) is 6.33 Å². The smallest absolute Gasteiger partial charge is 0.220 e. The summed E-state index contributed by atoms with van der Waals surface area (Å²) in [4.78, 5) is 19.4. The Morgan fingerprint density at radius 1 is 1.50 bits per heavy atom. The molecule has 7 nitrogen and oxygen atoms in total. The molecule has 1 aromatic heterocycles. The molecule has 18 heavy (non-hydrogen) atoms. The first-order valence-electron chi connectivity index (χ1n) is 6.08. The van der Waals surface area contributed by atoms with E-state index in [1.807, 2.05) is 6.92 Å². The van der Waals surface area contributed by atoms with Gasteiger partial charge in [-0.05, 0) is 12.8 Å². The lowest BCUT2D eigenvalue weighted by atomic mass is 10.1. The molecule has 1 amide bonds. The largest absolute Gasteiger partial charge is 0.365 e. The number of rotatable bonds is 4. The maximum atomic E-state index is 11.1. The van der Waals surface area contributed by atoms with Gasteiger partial charge in [-0.3, -0.25) is 4.79 Å². The van der Waals surface area contributed by atoms with Gasteiger partial charge in [-0.25, -0.2) is 15.8 Å². The number of aromatic nitrogens is 2. The van der Waals surface area contributed by atoms with Crippen LogP contribution >= 0.6 is 0 Å². The maximum Gasteiger partial charge on any atom is 0.220 e. The van der Waals surface area contributed by atoms with Crippen LogP contribution in [0.5, 0.6) is 0 Å². The van der Waals surface area contributed by atoms with Crippen molar-refractivity contribution in [1.29, 1.82) is 0 Å². The number of nitrogen functional groups attached to an aromatic ring is 1. The highest BCUT2D eigenvalue weighted by molar-refractivity contribution is 5.77. The van der Waals surface area contributed by atoms with E-state index in [0.717, 1.165) is 24.2 Å². The van der Waals surface area contributed by atoms with E-state index in [1.165, 1.54) is 6.33 Å². The standard InChI is InChI=1S/C11H18N6O/c1-2-8-10(14-6-15-11(8)17-12)16-7-3-4-9(18)13-5-7/h6-7H,2-5,12H2,1H3,(H,13,18)(H2,14,15,16,17). The molecular weight excluding hydrogens is 232 g/mol. The van der Waals surface area contributed by atoms with Gasteiger partial charge in [0.1, 0.15) is 18.0 Å². The Morgan fingerprint density at radius 2 is 2.28 bits per heavy atom. The number of anilines is 2. The van der Waals surface area contributed by atoms with Gasteiger partial charge >= 0.3 is 0 Å². The molecule has 1 aromatic rings. The van der Waals surface area contributed by atoms with Gasteiger partial charge in [0, 0.05) is 24.6 Å². The van der Waals surface area contributed by atoms with Crippen LogP contribution in [0.1, 0.15) is 25.3 Å². The van der Waals surface area contributed by atoms with Crippen molar-refractivity contribution in [3.8, 4) is 0 Å². The quantitative estimate of drug-likeness (QED) is 0.443. The lowest BCUT2D eigenvalue weighted by molar-refractivity contribution is -0.122. The SMILES string of the molecule is CCc1c(NN)ncnc1NC1CCC(=O)NC1. The summed E-state index contributed by atoms with van der Waals surface area (Å²) in [7, 11) is 0. The molecule has 0 aromatic carbocycles. The molecule has 2 rings (SSSR count). The molecule has 0 saturated carbocycles. The van der Waals surface area contributed by atoms with Crippen molar-refractivity contribution in [2.75, 3.05) is 17.3 Å². The van der Waals surface area contributed by atoms with Gasteiger partial charge in [-0.2, -0.15) is 0 Å². The Labute approximate surface area is 106 Å². The normalized spacial score (nSPS) is 19.2. The van der Waals surface area contributed by atoms with Crippen molar-refractivity contribution in [2.45, 2.75) is 32.2 Å². The number of hydrogen-bond donors (Lipinski definition) is 4. The van der Waals surface area contributed by atoms with Crippen LogP contribution in [0.4, 0.5) is 11.6 Å². The summed E-state index contributed by atoms with van der Waals surface area (Å²) in [6.45, 7) is 2.64. The van der Waals surface area contributed by atoms with Crippen molar-refractivity contribution in [1.82, 2.24) is 15.3 Å². The summed E-state index contributed by atoms with van der Waals surface area (Å²) in [6.07, 6.45) is 3.61. The predicted molar refractivity (Wildman–Crippen MR) is 68.9 cm³/mol. The molecule has 0 spiro atoms. The molecule has 1 fully saturated rings. The number of amides is 1. The minimum Gasteiger partial charge on any atom is -0.365 e. The van der Waals surface area contributed by atoms with E-state index >= 15 is 0 Å². The van der Waals surface area contributed by atoms with Crippen LogP contribution in [-0.2, 0) is 11.2 Å². The summed E-state index contributed by atoms with van der Waals surface area (Å²) < 4.78 is 0. The van der Waals surface area contributed by atoms with Gasteiger partial charge in [-0.1, -0.05) is 6.92 Å². The Balaban J connectivity index is 2.11. The third-order valence-electron chi connectivity index (χ3n) is 3.04. The van der Waals surface area contributed by atoms with Gasteiger partial charge in [-0.15, -0.1) is 0 Å². The molecule has 7 heteroatoms. The van der Waals surface area contributed by atoms with E-state index in [4.69, 9.17) is 5.84 Å². The van der Waals surface area contributed by atoms with Gasteiger partial charge in [0.15, 0.2) is 0 Å². The van der Waals surface area contributed by atoms with Crippen molar-refractivity contribution in [3.05, 3.63) is 11.9 Å². The fourth-order valence-corrected chi connectivity index (χ4v) is 2.05. The third kappa shape index (κ3) is 2.67. The summed E-state index contributed by atoms with van der Waals surface area (Å²) in [5, 5.41) is 6.17. The van der Waals surface area contributed by atoms with Crippen molar-refractivity contribution in [2.24, 2.45) is 5.84 Å². The average molecular weight is 250 g/mol. The van der Waals surface area contributed by atoms with E-state index in [-0.39, 0.29) is 11.9 Å². The fourth-order valence-electron chi connectivity index (χ4n) is 2.05. The lowest BCUT2D eigenvalue weighted by Gasteiger charge is -2.25. The highest BCUT2D eigenvalue weighted by Crippen LogP contribution is 2.21. The van der Waals surface area contributed by atoms with E-state index in [9.17, 15) is 4.79 Å². The first-order chi connectivity index (χ1) is 8.74. The minimum absolute atomic E-state index is 0.107. The van der Waals surface area contributed by atoms with E-state index in [0.29, 0.717) is 18.8 Å². The molecule has 98 valence electrons. The molecule has 0 radical (unpaired) electrons. The van der Waals surface area contributed by atoms with Crippen molar-refractivity contribution in [3.63, 3.8) is 0 Å². The molecule has 5 N–H and O–H groups in total. The highest BCUT2D eigenvalue weighted by Gasteiger charge is 2.19. The minimum atomic E-state index is 0.107. The summed E-state index contributed by atoms with van der Waals surface area (Å²) in [6, 6.07) is 0.202. The maximum absolute atomic E-state index is 11.1. The Morgan fingerprint density at radius 3 is 2.89 bits per heavy atom. The molecule has 2 heterocycles. The molecular formula is C11H18N6O. The van der Waals surface area contributed by atoms with Crippen LogP contribution in [-0.4, -0.2) is 28.5 Å². The number of nitrogens with one attached hydrogen (secondary N) is 3. The van der Waals surface area contributed by atoms with Gasteiger partial charge in [0.05, 0.1) is 0 Å². The first-order valence-corrected chi connectivity index (χ1v) is 6.08. The topological polar surface area (TPSA) is 105 Å². The zero-order valence-corrected chi connectivity index (χ0v) is 10.4. The summed E-state index contributed by atoms with van der Waals surface area (Å²) >= 11 is 0. The van der Waals surface area contributed by atoms with Crippen LogP contribution in [0.3, 0.4) is 0 Å². The molecule has 1 aliphatic heterocycles. The van der Waals surface area contributed by atoms with Crippen molar-refractivity contribution < 1.29 is 4.79 Å². The first kappa shape index (κ1) is 12.6. The van der Waals surface area contributed by atoms with Crippen LogP contribution in [0.2, 0.25) is 0 Å². The molecule has 1 atom stereocenters. The average Bonchev–Trinajstić information content (AvgIpc) is 2.41. The Kier molecular flexibility index (Phi) is 3.93. The fraction of sp³-hybridized carbons (Fsp3) is 0.545. The van der Waals surface area contributed by atoms with Crippen LogP contribution < -0.4 is 21.9 Å². The second-order valence-corrected chi connectivity index (χ2v) is 4.23. The van der Waals surface area contributed by atoms with Crippen LogP contribution in [0, 0.1) is 0 Å². The number of nitrogens with two attached hydrogens (primary N) is 1. The molecule has 0 bridgehead atoms. The van der Waals surface area contributed by atoms with Crippen LogP contribution in [0.25, 0.3) is 0 Å². The van der Waals surface area contributed by atoms with E-state index in [1.54, 1.807) is 0 Å². The molecule has 1 saturated heterocycles. The number of piperidine rings is 1. The summed E-state index contributed by atoms with van der Waals surface area (Å²) in [5.74, 6) is 6.94. The van der Waals surface area contributed by atoms with Gasteiger partial charge in [0.25, 0.3) is 0 Å². The number of hydrazine groups is 1. The lowest BCUT2D eigenvalue weighted by Crippen LogP contribution is -2.42. The number of carbonyl (C=O) groups excluding carboxylic acids is 1. The van der Waals surface area contributed by atoms with Gasteiger partial charge in [0.2, 0.25) is 5.91 Å². The third-order valence-corrected chi connectivity index (χ3v) is 3.04. The summed E-state index contributed by atoms with van der Waals surface area (Å²) in [5.41, 5.74) is 3.53. The second-order valence-electron chi connectivity index (χ2n) is 4.23. The predicted octanol–water partition coefficient (Wildman–Crippen LogP) is 0.0151. The zero-order chi connectivity index (χ0) is 13.0. The Bertz CT molecular complexity index is 426. The highest BCUT2D eigenvalue weighted by atomic mass is 16.1. The number of carbonyl (C=O) groups is 1. The van der Waals surface area contributed by atoms with E-state index in [2.05, 4.69) is 26.0 Å².